The zero-order chi connectivity index (χ0) is 13.1. The minimum atomic E-state index is 0.0105. The third kappa shape index (κ3) is 2.58. The molecule has 0 saturated carbocycles. The van der Waals surface area contributed by atoms with E-state index in [9.17, 15) is 4.79 Å². The van der Waals surface area contributed by atoms with Crippen LogP contribution in [-0.4, -0.2) is 37.1 Å². The molecule has 2 atom stereocenters. The number of nitrogens with one attached hydrogen (secondary N) is 1. The molecule has 1 aliphatic heterocycles. The van der Waals surface area contributed by atoms with Crippen LogP contribution in [0, 0.1) is 6.92 Å². The molecule has 1 N–H and O–H groups in total. The molecule has 1 aromatic rings. The number of carbonyl (C=O) groups is 1. The number of nitrogens with zero attached hydrogens (tertiary/aromatic N) is 1. The summed E-state index contributed by atoms with van der Waals surface area (Å²) in [5.74, 6) is 0.162. The first-order valence-corrected chi connectivity index (χ1v) is 7.08. The summed E-state index contributed by atoms with van der Waals surface area (Å²) < 4.78 is 5.23. The van der Waals surface area contributed by atoms with Crippen LogP contribution in [0.3, 0.4) is 0 Å². The summed E-state index contributed by atoms with van der Waals surface area (Å²) in [6, 6.07) is 4.34. The molecule has 1 aliphatic rings. The lowest BCUT2D eigenvalue weighted by molar-refractivity contribution is -0.131. The largest absolute Gasteiger partial charge is 0.383 e. The number of thiophene rings is 1. The molecule has 1 saturated heterocycles. The highest BCUT2D eigenvalue weighted by atomic mass is 32.1. The predicted octanol–water partition coefficient (Wildman–Crippen LogP) is 1.91. The molecule has 0 radical (unpaired) electrons. The molecule has 1 aromatic heterocycles. The number of aryl methyl sites for hydroxylation is 1. The van der Waals surface area contributed by atoms with Crippen molar-refractivity contribution in [3.63, 3.8) is 0 Å². The number of hydrogen-bond donors (Lipinski definition) is 1. The maximum absolute atomic E-state index is 12.1. The van der Waals surface area contributed by atoms with Gasteiger partial charge in [0.2, 0.25) is 5.91 Å². The Bertz CT molecular complexity index is 419. The Kier molecular flexibility index (Phi) is 4.37. The van der Waals surface area contributed by atoms with Gasteiger partial charge in [-0.25, -0.2) is 0 Å². The predicted molar refractivity (Wildman–Crippen MR) is 72.6 cm³/mol. The van der Waals surface area contributed by atoms with Gasteiger partial charge in [0, 0.05) is 16.9 Å². The Morgan fingerprint density at radius 3 is 2.94 bits per heavy atom. The first kappa shape index (κ1) is 13.5. The van der Waals surface area contributed by atoms with Crippen LogP contribution in [0.2, 0.25) is 0 Å². The second-order valence-corrected chi connectivity index (χ2v) is 5.87. The van der Waals surface area contributed by atoms with Gasteiger partial charge in [0.1, 0.15) is 6.17 Å². The zero-order valence-corrected chi connectivity index (χ0v) is 11.9. The standard InChI is InChI=1S/C13H20N2O2S/c1-4-10(8-17-3)15-12(16)7-14-13(15)11-6-5-9(2)18-11/h5-6,10,13-14H,4,7-8H2,1-3H3. The van der Waals surface area contributed by atoms with Crippen LogP contribution >= 0.6 is 11.3 Å². The molecule has 0 aliphatic carbocycles. The van der Waals surface area contributed by atoms with E-state index in [1.165, 1.54) is 9.75 Å². The molecular formula is C13H20N2O2S. The third-order valence-electron chi connectivity index (χ3n) is 3.27. The first-order valence-electron chi connectivity index (χ1n) is 6.27. The third-order valence-corrected chi connectivity index (χ3v) is 4.32. The fourth-order valence-electron chi connectivity index (χ4n) is 2.36. The summed E-state index contributed by atoms with van der Waals surface area (Å²) in [4.78, 5) is 16.5. The van der Waals surface area contributed by atoms with Crippen molar-refractivity contribution in [1.29, 1.82) is 0 Å². The van der Waals surface area contributed by atoms with Gasteiger partial charge in [0.25, 0.3) is 0 Å². The van der Waals surface area contributed by atoms with Crippen molar-refractivity contribution in [2.75, 3.05) is 20.3 Å². The van der Waals surface area contributed by atoms with E-state index in [4.69, 9.17) is 4.74 Å². The van der Waals surface area contributed by atoms with Crippen LogP contribution in [0.1, 0.15) is 29.3 Å². The van der Waals surface area contributed by atoms with Gasteiger partial charge in [0.05, 0.1) is 19.2 Å². The van der Waals surface area contributed by atoms with E-state index in [1.807, 2.05) is 4.90 Å². The SMILES string of the molecule is CCC(COC)N1C(=O)CNC1c1ccc(C)s1. The molecule has 2 unspecified atom stereocenters. The van der Waals surface area contributed by atoms with E-state index in [0.717, 1.165) is 6.42 Å². The highest BCUT2D eigenvalue weighted by Gasteiger charge is 2.36. The van der Waals surface area contributed by atoms with Gasteiger partial charge in [0.15, 0.2) is 0 Å². The molecule has 18 heavy (non-hydrogen) atoms. The second kappa shape index (κ2) is 5.82. The topological polar surface area (TPSA) is 41.6 Å². The fraction of sp³-hybridized carbons (Fsp3) is 0.615. The normalized spacial score (nSPS) is 21.6. The molecule has 5 heteroatoms. The summed E-state index contributed by atoms with van der Waals surface area (Å²) in [6.07, 6.45) is 0.915. The van der Waals surface area contributed by atoms with E-state index >= 15 is 0 Å². The van der Waals surface area contributed by atoms with Gasteiger partial charge < -0.3 is 9.64 Å². The minimum Gasteiger partial charge on any atom is -0.383 e. The average molecular weight is 268 g/mol. The summed E-state index contributed by atoms with van der Waals surface area (Å²) >= 11 is 1.74. The lowest BCUT2D eigenvalue weighted by atomic mass is 10.2. The van der Waals surface area contributed by atoms with Crippen molar-refractivity contribution < 1.29 is 9.53 Å². The number of carbonyl (C=O) groups excluding carboxylic acids is 1. The minimum absolute atomic E-state index is 0.0105. The van der Waals surface area contributed by atoms with Gasteiger partial charge in [-0.2, -0.15) is 0 Å². The Morgan fingerprint density at radius 1 is 1.61 bits per heavy atom. The molecule has 0 aromatic carbocycles. The van der Waals surface area contributed by atoms with E-state index in [-0.39, 0.29) is 18.1 Å². The Balaban J connectivity index is 2.21. The fourth-order valence-corrected chi connectivity index (χ4v) is 3.31. The highest BCUT2D eigenvalue weighted by Crippen LogP contribution is 2.30. The number of hydrogen-bond acceptors (Lipinski definition) is 4. The van der Waals surface area contributed by atoms with Crippen LogP contribution in [0.4, 0.5) is 0 Å². The molecule has 2 heterocycles. The maximum Gasteiger partial charge on any atom is 0.238 e. The van der Waals surface area contributed by atoms with Gasteiger partial charge in [-0.3, -0.25) is 10.1 Å². The Morgan fingerprint density at radius 2 is 2.39 bits per heavy atom. The van der Waals surface area contributed by atoms with Gasteiger partial charge >= 0.3 is 0 Å². The first-order chi connectivity index (χ1) is 8.67. The molecule has 1 amide bonds. The van der Waals surface area contributed by atoms with E-state index in [1.54, 1.807) is 18.4 Å². The van der Waals surface area contributed by atoms with Gasteiger partial charge in [-0.05, 0) is 25.5 Å². The number of methoxy groups -OCH3 is 1. The van der Waals surface area contributed by atoms with Crippen molar-refractivity contribution in [3.05, 3.63) is 21.9 Å². The molecule has 0 bridgehead atoms. The molecule has 2 rings (SSSR count). The quantitative estimate of drug-likeness (QED) is 0.887. The lowest BCUT2D eigenvalue weighted by Crippen LogP contribution is -2.41. The van der Waals surface area contributed by atoms with Crippen LogP contribution in [-0.2, 0) is 9.53 Å². The van der Waals surface area contributed by atoms with Gasteiger partial charge in [-0.1, -0.05) is 6.92 Å². The summed E-state index contributed by atoms with van der Waals surface area (Å²) in [5, 5.41) is 3.29. The van der Waals surface area contributed by atoms with Crippen molar-refractivity contribution in [1.82, 2.24) is 10.2 Å². The summed E-state index contributed by atoms with van der Waals surface area (Å²) in [6.45, 7) is 5.18. The van der Waals surface area contributed by atoms with E-state index < -0.39 is 0 Å². The number of ether oxygens (including phenoxy) is 1. The van der Waals surface area contributed by atoms with Crippen molar-refractivity contribution in [3.8, 4) is 0 Å². The highest BCUT2D eigenvalue weighted by molar-refractivity contribution is 7.12. The second-order valence-electron chi connectivity index (χ2n) is 4.55. The zero-order valence-electron chi connectivity index (χ0n) is 11.1. The molecule has 0 spiro atoms. The van der Waals surface area contributed by atoms with Crippen molar-refractivity contribution >= 4 is 17.2 Å². The lowest BCUT2D eigenvalue weighted by Gasteiger charge is -2.31. The number of rotatable bonds is 5. The molecule has 100 valence electrons. The monoisotopic (exact) mass is 268 g/mol. The van der Waals surface area contributed by atoms with Crippen LogP contribution in [0.25, 0.3) is 0 Å². The Labute approximate surface area is 112 Å². The summed E-state index contributed by atoms with van der Waals surface area (Å²) in [7, 11) is 1.68. The van der Waals surface area contributed by atoms with Crippen LogP contribution in [0.15, 0.2) is 12.1 Å². The Hall–Kier alpha value is -0.910. The smallest absolute Gasteiger partial charge is 0.238 e. The van der Waals surface area contributed by atoms with Crippen molar-refractivity contribution in [2.45, 2.75) is 32.5 Å². The maximum atomic E-state index is 12.1. The van der Waals surface area contributed by atoms with Crippen LogP contribution < -0.4 is 5.32 Å². The molecular weight excluding hydrogens is 248 g/mol. The van der Waals surface area contributed by atoms with Crippen LogP contribution in [0.5, 0.6) is 0 Å². The average Bonchev–Trinajstić information content (AvgIpc) is 2.93. The van der Waals surface area contributed by atoms with E-state index in [2.05, 4.69) is 31.3 Å². The van der Waals surface area contributed by atoms with E-state index in [0.29, 0.717) is 13.2 Å². The van der Waals surface area contributed by atoms with Crippen molar-refractivity contribution in [2.24, 2.45) is 0 Å². The molecule has 4 nitrogen and oxygen atoms in total. The van der Waals surface area contributed by atoms with Gasteiger partial charge in [-0.15, -0.1) is 11.3 Å². The summed E-state index contributed by atoms with van der Waals surface area (Å²) in [5.41, 5.74) is 0. The molecule has 1 fully saturated rings. The number of amides is 1.